The van der Waals surface area contributed by atoms with Crippen LogP contribution >= 0.6 is 11.8 Å². The lowest BCUT2D eigenvalue weighted by Crippen LogP contribution is -2.45. The van der Waals surface area contributed by atoms with E-state index in [4.69, 9.17) is 0 Å². The van der Waals surface area contributed by atoms with E-state index in [2.05, 4.69) is 20.8 Å². The minimum atomic E-state index is -0.473. The molecule has 0 aromatic carbocycles. The van der Waals surface area contributed by atoms with Gasteiger partial charge in [0.1, 0.15) is 5.82 Å². The Hall–Kier alpha value is -1.57. The topological polar surface area (TPSA) is 88.9 Å². The zero-order valence-electron chi connectivity index (χ0n) is 12.7. The lowest BCUT2D eigenvalue weighted by molar-refractivity contribution is -0.119. The molecule has 1 aliphatic rings. The Morgan fingerprint density at radius 1 is 1.29 bits per heavy atom. The Morgan fingerprint density at radius 3 is 2.52 bits per heavy atom. The lowest BCUT2D eigenvalue weighted by atomic mass is 10.4. The van der Waals surface area contributed by atoms with Crippen molar-refractivity contribution in [1.82, 2.24) is 25.4 Å². The maximum Gasteiger partial charge on any atom is 0.321 e. The van der Waals surface area contributed by atoms with Gasteiger partial charge in [-0.25, -0.2) is 4.79 Å². The summed E-state index contributed by atoms with van der Waals surface area (Å²) >= 11 is 1.30. The van der Waals surface area contributed by atoms with Gasteiger partial charge in [-0.05, 0) is 33.6 Å². The van der Waals surface area contributed by atoms with Crippen molar-refractivity contribution in [1.29, 1.82) is 0 Å². The van der Waals surface area contributed by atoms with Crippen molar-refractivity contribution in [2.75, 3.05) is 0 Å². The Balaban J connectivity index is 1.90. The van der Waals surface area contributed by atoms with Crippen LogP contribution in [0.1, 0.15) is 45.4 Å². The summed E-state index contributed by atoms with van der Waals surface area (Å²) in [5.74, 6) is 1.15. The zero-order chi connectivity index (χ0) is 15.6. The maximum absolute atomic E-state index is 12.0. The summed E-state index contributed by atoms with van der Waals surface area (Å²) in [4.78, 5) is 23.5. The molecule has 7 nitrogen and oxygen atoms in total. The number of carbonyl (C=O) groups is 2. The van der Waals surface area contributed by atoms with Gasteiger partial charge in [-0.2, -0.15) is 0 Å². The van der Waals surface area contributed by atoms with Crippen LogP contribution in [0.2, 0.25) is 0 Å². The first-order valence-electron chi connectivity index (χ1n) is 7.05. The molecule has 2 N–H and O–H groups in total. The average Bonchev–Trinajstić information content (AvgIpc) is 3.15. The van der Waals surface area contributed by atoms with Gasteiger partial charge >= 0.3 is 6.03 Å². The highest BCUT2D eigenvalue weighted by atomic mass is 32.2. The van der Waals surface area contributed by atoms with Crippen LogP contribution in [-0.4, -0.2) is 38.0 Å². The molecule has 0 spiro atoms. The van der Waals surface area contributed by atoms with Crippen molar-refractivity contribution in [2.45, 2.75) is 56.0 Å². The van der Waals surface area contributed by atoms with E-state index in [9.17, 15) is 9.59 Å². The first kappa shape index (κ1) is 15.8. The van der Waals surface area contributed by atoms with Crippen molar-refractivity contribution in [3.63, 3.8) is 0 Å². The molecule has 3 amide bonds. The number of thioether (sulfide) groups is 1. The Kier molecular flexibility index (Phi) is 4.87. The Labute approximate surface area is 128 Å². The van der Waals surface area contributed by atoms with E-state index in [0.29, 0.717) is 11.1 Å². The predicted molar refractivity (Wildman–Crippen MR) is 80.1 cm³/mol. The van der Waals surface area contributed by atoms with Crippen LogP contribution in [0, 0.1) is 0 Å². The van der Waals surface area contributed by atoms with E-state index in [0.717, 1.165) is 18.7 Å². The molecule has 0 unspecified atom stereocenters. The summed E-state index contributed by atoms with van der Waals surface area (Å²) < 4.78 is 1.93. The predicted octanol–water partition coefficient (Wildman–Crippen LogP) is 1.41. The third-order valence-electron chi connectivity index (χ3n) is 3.12. The molecule has 21 heavy (non-hydrogen) atoms. The number of aromatic nitrogens is 3. The van der Waals surface area contributed by atoms with E-state index >= 15 is 0 Å². The fourth-order valence-corrected chi connectivity index (χ4v) is 2.67. The Bertz CT molecular complexity index is 539. The number of amides is 3. The molecule has 0 radical (unpaired) electrons. The third-order valence-corrected chi connectivity index (χ3v) is 4.25. The van der Waals surface area contributed by atoms with Crippen LogP contribution in [0.25, 0.3) is 0 Å². The molecule has 1 fully saturated rings. The van der Waals surface area contributed by atoms with E-state index < -0.39 is 11.3 Å². The van der Waals surface area contributed by atoms with E-state index in [1.165, 1.54) is 11.8 Å². The van der Waals surface area contributed by atoms with Gasteiger partial charge in [0.05, 0.1) is 5.25 Å². The number of nitrogens with zero attached hydrogens (tertiary/aromatic N) is 3. The van der Waals surface area contributed by atoms with Gasteiger partial charge in [0.25, 0.3) is 0 Å². The van der Waals surface area contributed by atoms with Crippen LogP contribution in [0.5, 0.6) is 0 Å². The largest absolute Gasteiger partial charge is 0.336 e. The quantitative estimate of drug-likeness (QED) is 0.803. The molecular weight excluding hydrogens is 290 g/mol. The molecule has 0 bridgehead atoms. The van der Waals surface area contributed by atoms with Crippen LogP contribution in [0.4, 0.5) is 4.79 Å². The lowest BCUT2D eigenvalue weighted by Gasteiger charge is -2.12. The van der Waals surface area contributed by atoms with Crippen LogP contribution in [-0.2, 0) is 11.8 Å². The monoisotopic (exact) mass is 311 g/mol. The molecule has 1 aromatic rings. The molecule has 0 saturated heterocycles. The molecule has 1 saturated carbocycles. The molecule has 8 heteroatoms. The molecule has 1 heterocycles. The number of rotatable bonds is 5. The van der Waals surface area contributed by atoms with Gasteiger partial charge in [-0.1, -0.05) is 11.8 Å². The summed E-state index contributed by atoms with van der Waals surface area (Å²) in [7, 11) is 1.91. The third kappa shape index (κ3) is 4.20. The number of hydrogen-bond donors (Lipinski definition) is 2. The summed E-state index contributed by atoms with van der Waals surface area (Å²) in [6.07, 6.45) is 2.31. The number of urea groups is 1. The Morgan fingerprint density at radius 2 is 1.95 bits per heavy atom. The van der Waals surface area contributed by atoms with Crippen molar-refractivity contribution in [3.05, 3.63) is 5.82 Å². The highest BCUT2D eigenvalue weighted by molar-refractivity contribution is 8.00. The van der Waals surface area contributed by atoms with E-state index in [-0.39, 0.29) is 11.9 Å². The summed E-state index contributed by atoms with van der Waals surface area (Å²) in [5, 5.41) is 13.5. The smallest absolute Gasteiger partial charge is 0.321 e. The van der Waals surface area contributed by atoms with Gasteiger partial charge < -0.3 is 9.88 Å². The molecule has 1 atom stereocenters. The average molecular weight is 311 g/mol. The first-order chi connectivity index (χ1) is 9.88. The molecule has 116 valence electrons. The summed E-state index contributed by atoms with van der Waals surface area (Å²) in [5.41, 5.74) is 0. The normalized spacial score (nSPS) is 15.9. The van der Waals surface area contributed by atoms with Crippen LogP contribution in [0.15, 0.2) is 5.16 Å². The number of hydrogen-bond acceptors (Lipinski definition) is 5. The molecule has 1 aliphatic carbocycles. The van der Waals surface area contributed by atoms with Gasteiger partial charge in [0.2, 0.25) is 5.91 Å². The van der Waals surface area contributed by atoms with E-state index in [1.54, 1.807) is 6.92 Å². The summed E-state index contributed by atoms with van der Waals surface area (Å²) in [6, 6.07) is -0.486. The standard InChI is InChI=1S/C13H21N5O2S/c1-7(2)14-12(20)15-11(19)8(3)21-13-17-16-10(18(13)4)9-5-6-9/h7-9H,5-6H2,1-4H3,(H2,14,15,19,20)/t8-/m0/s1. The van der Waals surface area contributed by atoms with Gasteiger partial charge in [-0.3, -0.25) is 10.1 Å². The van der Waals surface area contributed by atoms with Gasteiger partial charge in [0, 0.05) is 19.0 Å². The zero-order valence-corrected chi connectivity index (χ0v) is 13.5. The number of imide groups is 1. The molecule has 2 rings (SSSR count). The fourth-order valence-electron chi connectivity index (χ4n) is 1.85. The SMILES string of the molecule is CC(C)NC(=O)NC(=O)[C@H](C)Sc1nnc(C2CC2)n1C. The van der Waals surface area contributed by atoms with E-state index in [1.807, 2.05) is 25.5 Å². The van der Waals surface area contributed by atoms with Crippen molar-refractivity contribution >= 4 is 23.7 Å². The minimum absolute atomic E-state index is 0.0133. The minimum Gasteiger partial charge on any atom is -0.336 e. The second kappa shape index (κ2) is 6.46. The van der Waals surface area contributed by atoms with Gasteiger partial charge in [0.15, 0.2) is 5.16 Å². The second-order valence-electron chi connectivity index (χ2n) is 5.55. The fraction of sp³-hybridized carbons (Fsp3) is 0.692. The van der Waals surface area contributed by atoms with Crippen LogP contribution < -0.4 is 10.6 Å². The highest BCUT2D eigenvalue weighted by Crippen LogP contribution is 2.39. The highest BCUT2D eigenvalue weighted by Gasteiger charge is 2.30. The van der Waals surface area contributed by atoms with Crippen molar-refractivity contribution in [3.8, 4) is 0 Å². The van der Waals surface area contributed by atoms with Crippen molar-refractivity contribution < 1.29 is 9.59 Å². The first-order valence-corrected chi connectivity index (χ1v) is 7.93. The molecule has 0 aliphatic heterocycles. The molecular formula is C13H21N5O2S. The second-order valence-corrected chi connectivity index (χ2v) is 6.86. The molecule has 1 aromatic heterocycles. The number of nitrogens with one attached hydrogen (secondary N) is 2. The van der Waals surface area contributed by atoms with Crippen molar-refractivity contribution in [2.24, 2.45) is 7.05 Å². The number of carbonyl (C=O) groups excluding carboxylic acids is 2. The van der Waals surface area contributed by atoms with Crippen LogP contribution in [0.3, 0.4) is 0 Å². The summed E-state index contributed by atoms with van der Waals surface area (Å²) in [6.45, 7) is 5.41. The van der Waals surface area contributed by atoms with Gasteiger partial charge in [-0.15, -0.1) is 10.2 Å². The maximum atomic E-state index is 12.0.